The van der Waals surface area contributed by atoms with Gasteiger partial charge in [-0.05, 0) is 22.8 Å². The first kappa shape index (κ1) is 21.1. The van der Waals surface area contributed by atoms with Gasteiger partial charge in [-0.1, -0.05) is 42.5 Å². The molecule has 0 spiro atoms. The SMILES string of the molecule is CN=C(NCc1ccccc1CN1CCOCC1)NCc1ccccc1-n1ccnc1. The standard InChI is InChI=1S/C24H30N6O/c1-25-24(28-17-21-7-4-5-9-23(21)30-11-10-26-19-30)27-16-20-6-2-3-8-22(20)18-29-12-14-31-15-13-29/h2-11,19H,12-18H2,1H3,(H2,25,27,28). The molecule has 7 nitrogen and oxygen atoms in total. The molecule has 4 rings (SSSR count). The number of hydrogen-bond donors (Lipinski definition) is 2. The third kappa shape index (κ3) is 5.71. The van der Waals surface area contributed by atoms with Crippen LogP contribution in [0.15, 0.2) is 72.2 Å². The summed E-state index contributed by atoms with van der Waals surface area (Å²) in [6.07, 6.45) is 5.56. The molecule has 2 aromatic carbocycles. The number of ether oxygens (including phenoxy) is 1. The second-order valence-electron chi connectivity index (χ2n) is 7.54. The molecule has 2 N–H and O–H groups in total. The Morgan fingerprint density at radius 2 is 1.65 bits per heavy atom. The fourth-order valence-electron chi connectivity index (χ4n) is 3.78. The van der Waals surface area contributed by atoms with E-state index < -0.39 is 0 Å². The highest BCUT2D eigenvalue weighted by atomic mass is 16.5. The predicted octanol–water partition coefficient (Wildman–Crippen LogP) is 2.57. The number of imidazole rings is 1. The lowest BCUT2D eigenvalue weighted by molar-refractivity contribution is 0.0341. The number of aromatic nitrogens is 2. The minimum atomic E-state index is 0.670. The Morgan fingerprint density at radius 3 is 2.35 bits per heavy atom. The second kappa shape index (κ2) is 10.7. The molecule has 2 heterocycles. The monoisotopic (exact) mass is 418 g/mol. The number of rotatable bonds is 7. The zero-order valence-electron chi connectivity index (χ0n) is 18.0. The Morgan fingerprint density at radius 1 is 0.968 bits per heavy atom. The van der Waals surface area contributed by atoms with Crippen molar-refractivity contribution in [2.75, 3.05) is 33.4 Å². The molecule has 1 aromatic heterocycles. The minimum Gasteiger partial charge on any atom is -0.379 e. The van der Waals surface area contributed by atoms with Crippen LogP contribution in [0.5, 0.6) is 0 Å². The predicted molar refractivity (Wildman–Crippen MR) is 123 cm³/mol. The van der Waals surface area contributed by atoms with Crippen LogP contribution in [0.3, 0.4) is 0 Å². The van der Waals surface area contributed by atoms with Crippen molar-refractivity contribution in [2.24, 2.45) is 4.99 Å². The molecule has 3 aromatic rings. The van der Waals surface area contributed by atoms with Crippen LogP contribution in [-0.2, 0) is 24.4 Å². The maximum absolute atomic E-state index is 5.47. The largest absolute Gasteiger partial charge is 0.379 e. The summed E-state index contributed by atoms with van der Waals surface area (Å²) in [7, 11) is 1.80. The maximum Gasteiger partial charge on any atom is 0.191 e. The highest BCUT2D eigenvalue weighted by Gasteiger charge is 2.13. The summed E-state index contributed by atoms with van der Waals surface area (Å²) in [6.45, 7) is 5.95. The number of para-hydroxylation sites is 1. The number of nitrogens with one attached hydrogen (secondary N) is 2. The Balaban J connectivity index is 1.36. The van der Waals surface area contributed by atoms with Gasteiger partial charge in [0.15, 0.2) is 5.96 Å². The van der Waals surface area contributed by atoms with Gasteiger partial charge in [-0.3, -0.25) is 9.89 Å². The van der Waals surface area contributed by atoms with Gasteiger partial charge in [-0.2, -0.15) is 0 Å². The Labute approximate surface area is 183 Å². The van der Waals surface area contributed by atoms with Crippen molar-refractivity contribution in [1.29, 1.82) is 0 Å². The van der Waals surface area contributed by atoms with Crippen LogP contribution in [0.1, 0.15) is 16.7 Å². The van der Waals surface area contributed by atoms with Gasteiger partial charge < -0.3 is 19.9 Å². The van der Waals surface area contributed by atoms with Gasteiger partial charge in [-0.15, -0.1) is 0 Å². The number of benzene rings is 2. The van der Waals surface area contributed by atoms with Gasteiger partial charge in [-0.25, -0.2) is 4.98 Å². The molecule has 0 aliphatic carbocycles. The summed E-state index contributed by atoms with van der Waals surface area (Å²) in [5, 5.41) is 6.90. The van der Waals surface area contributed by atoms with Crippen molar-refractivity contribution in [2.45, 2.75) is 19.6 Å². The van der Waals surface area contributed by atoms with Crippen LogP contribution in [0.4, 0.5) is 0 Å². The zero-order chi connectivity index (χ0) is 21.3. The molecule has 0 saturated carbocycles. The van der Waals surface area contributed by atoms with E-state index in [4.69, 9.17) is 4.74 Å². The molecular weight excluding hydrogens is 388 g/mol. The summed E-state index contributed by atoms with van der Waals surface area (Å²) in [5.41, 5.74) is 4.92. The van der Waals surface area contributed by atoms with Crippen molar-refractivity contribution >= 4 is 5.96 Å². The van der Waals surface area contributed by atoms with E-state index in [0.29, 0.717) is 6.54 Å². The quantitative estimate of drug-likeness (QED) is 0.456. The summed E-state index contributed by atoms with van der Waals surface area (Å²) in [4.78, 5) is 11.0. The molecule has 1 fully saturated rings. The van der Waals surface area contributed by atoms with Gasteiger partial charge in [0.2, 0.25) is 0 Å². The van der Waals surface area contributed by atoms with Gasteiger partial charge in [0.25, 0.3) is 0 Å². The first-order chi connectivity index (χ1) is 15.3. The van der Waals surface area contributed by atoms with Crippen LogP contribution < -0.4 is 10.6 Å². The number of nitrogens with zero attached hydrogens (tertiary/aromatic N) is 4. The summed E-state index contributed by atoms with van der Waals surface area (Å²) >= 11 is 0. The van der Waals surface area contributed by atoms with Crippen LogP contribution in [0.2, 0.25) is 0 Å². The molecule has 0 radical (unpaired) electrons. The van der Waals surface area contributed by atoms with Crippen molar-refractivity contribution in [3.8, 4) is 5.69 Å². The number of morpholine rings is 1. The van der Waals surface area contributed by atoms with Crippen LogP contribution >= 0.6 is 0 Å². The maximum atomic E-state index is 5.47. The van der Waals surface area contributed by atoms with E-state index in [-0.39, 0.29) is 0 Å². The molecule has 7 heteroatoms. The molecular formula is C24H30N6O. The molecule has 0 bridgehead atoms. The van der Waals surface area contributed by atoms with E-state index in [9.17, 15) is 0 Å². The van der Waals surface area contributed by atoms with Crippen molar-refractivity contribution in [1.82, 2.24) is 25.1 Å². The lowest BCUT2D eigenvalue weighted by Crippen LogP contribution is -2.37. The molecule has 0 unspecified atom stereocenters. The highest BCUT2D eigenvalue weighted by Crippen LogP contribution is 2.15. The Kier molecular flexibility index (Phi) is 7.31. The smallest absolute Gasteiger partial charge is 0.191 e. The first-order valence-electron chi connectivity index (χ1n) is 10.7. The molecule has 1 aliphatic heterocycles. The van der Waals surface area contributed by atoms with E-state index in [1.807, 2.05) is 23.2 Å². The molecule has 1 aliphatic rings. The third-order valence-corrected chi connectivity index (χ3v) is 5.51. The molecule has 0 amide bonds. The lowest BCUT2D eigenvalue weighted by Gasteiger charge is -2.27. The van der Waals surface area contributed by atoms with Crippen molar-refractivity contribution in [3.05, 3.63) is 83.9 Å². The average Bonchev–Trinajstić information content (AvgIpc) is 3.36. The van der Waals surface area contributed by atoms with Gasteiger partial charge >= 0.3 is 0 Å². The summed E-state index contributed by atoms with van der Waals surface area (Å²) < 4.78 is 7.50. The minimum absolute atomic E-state index is 0.670. The van der Waals surface area contributed by atoms with E-state index in [1.165, 1.54) is 16.7 Å². The van der Waals surface area contributed by atoms with Crippen LogP contribution in [-0.4, -0.2) is 53.8 Å². The number of aliphatic imine (C=N–C) groups is 1. The molecule has 31 heavy (non-hydrogen) atoms. The van der Waals surface area contributed by atoms with Gasteiger partial charge in [0, 0.05) is 52.2 Å². The normalized spacial score (nSPS) is 15.1. The molecule has 1 saturated heterocycles. The van der Waals surface area contributed by atoms with E-state index in [2.05, 4.69) is 68.0 Å². The van der Waals surface area contributed by atoms with Crippen LogP contribution in [0, 0.1) is 0 Å². The Hall–Kier alpha value is -3.16. The summed E-state index contributed by atoms with van der Waals surface area (Å²) in [6, 6.07) is 16.9. The fraction of sp³-hybridized carbons (Fsp3) is 0.333. The van der Waals surface area contributed by atoms with E-state index >= 15 is 0 Å². The third-order valence-electron chi connectivity index (χ3n) is 5.51. The van der Waals surface area contributed by atoms with Gasteiger partial charge in [0.05, 0.1) is 25.2 Å². The summed E-state index contributed by atoms with van der Waals surface area (Å²) in [5.74, 6) is 0.779. The zero-order valence-corrected chi connectivity index (χ0v) is 18.0. The lowest BCUT2D eigenvalue weighted by atomic mass is 10.1. The average molecular weight is 419 g/mol. The van der Waals surface area contributed by atoms with Crippen molar-refractivity contribution in [3.63, 3.8) is 0 Å². The number of hydrogen-bond acceptors (Lipinski definition) is 4. The van der Waals surface area contributed by atoms with E-state index in [1.54, 1.807) is 13.2 Å². The van der Waals surface area contributed by atoms with E-state index in [0.717, 1.165) is 51.0 Å². The number of guanidine groups is 1. The topological polar surface area (TPSA) is 66.7 Å². The second-order valence-corrected chi connectivity index (χ2v) is 7.54. The van der Waals surface area contributed by atoms with Crippen LogP contribution in [0.25, 0.3) is 5.69 Å². The highest BCUT2D eigenvalue weighted by molar-refractivity contribution is 5.79. The first-order valence-corrected chi connectivity index (χ1v) is 10.7. The van der Waals surface area contributed by atoms with Crippen molar-refractivity contribution < 1.29 is 4.74 Å². The van der Waals surface area contributed by atoms with Gasteiger partial charge in [0.1, 0.15) is 0 Å². The Bertz CT molecular complexity index is 979. The fourth-order valence-corrected chi connectivity index (χ4v) is 3.78. The molecule has 0 atom stereocenters. The molecule has 162 valence electrons.